The van der Waals surface area contributed by atoms with E-state index in [2.05, 4.69) is 16.0 Å². The van der Waals surface area contributed by atoms with Crippen LogP contribution in [0.5, 0.6) is 5.75 Å². The Morgan fingerprint density at radius 1 is 1.17 bits per heavy atom. The second-order valence-corrected chi connectivity index (χ2v) is 11.9. The van der Waals surface area contributed by atoms with Gasteiger partial charge in [-0.25, -0.2) is 13.2 Å². The van der Waals surface area contributed by atoms with Crippen molar-refractivity contribution in [2.45, 2.75) is 51.7 Å². The quantitative estimate of drug-likeness (QED) is 0.474. The largest absolute Gasteiger partial charge is 0.478 e. The molecule has 0 spiro atoms. The molecule has 0 bridgehead atoms. The van der Waals surface area contributed by atoms with Crippen LogP contribution in [0.15, 0.2) is 42.5 Å². The Kier molecular flexibility index (Phi) is 6.52. The van der Waals surface area contributed by atoms with Gasteiger partial charge in [0, 0.05) is 29.4 Å². The van der Waals surface area contributed by atoms with Crippen LogP contribution >= 0.6 is 0 Å². The van der Waals surface area contributed by atoms with E-state index in [0.29, 0.717) is 17.0 Å². The van der Waals surface area contributed by atoms with Crippen molar-refractivity contribution in [2.24, 2.45) is 0 Å². The number of benzene rings is 2. The van der Waals surface area contributed by atoms with E-state index in [4.69, 9.17) is 9.47 Å². The number of anilines is 1. The van der Waals surface area contributed by atoms with Crippen LogP contribution in [0, 0.1) is 11.3 Å². The number of hydrogen-bond donors (Lipinski definition) is 1. The van der Waals surface area contributed by atoms with Crippen molar-refractivity contribution in [2.75, 3.05) is 17.5 Å². The summed E-state index contributed by atoms with van der Waals surface area (Å²) in [5.74, 6) is 0.0288. The third-order valence-corrected chi connectivity index (χ3v) is 6.32. The van der Waals surface area contributed by atoms with Gasteiger partial charge in [0.15, 0.2) is 15.8 Å². The van der Waals surface area contributed by atoms with Crippen LogP contribution in [0.1, 0.15) is 51.6 Å². The minimum atomic E-state index is -3.29. The molecule has 0 radical (unpaired) electrons. The molecule has 1 aliphatic rings. The van der Waals surface area contributed by atoms with Crippen LogP contribution in [0.25, 0.3) is 22.2 Å². The predicted octanol–water partition coefficient (Wildman–Crippen LogP) is 5.63. The second-order valence-electron chi connectivity index (χ2n) is 9.86. The maximum atomic E-state index is 12.1. The zero-order valence-corrected chi connectivity index (χ0v) is 21.1. The van der Waals surface area contributed by atoms with Crippen LogP contribution < -0.4 is 10.1 Å². The molecule has 0 atom stereocenters. The molecule has 0 unspecified atom stereocenters. The maximum Gasteiger partial charge on any atom is 0.412 e. The average Bonchev–Trinajstić information content (AvgIpc) is 3.03. The Balaban J connectivity index is 1.73. The summed E-state index contributed by atoms with van der Waals surface area (Å²) in [6, 6.07) is 15.2. The van der Waals surface area contributed by atoms with E-state index in [1.54, 1.807) is 39.0 Å². The molecule has 1 heterocycles. The molecular weight excluding hydrogens is 466 g/mol. The molecule has 0 saturated heterocycles. The number of fused-ring (bicyclic) bond motifs is 1. The highest BCUT2D eigenvalue weighted by Crippen LogP contribution is 2.43. The van der Waals surface area contributed by atoms with Crippen molar-refractivity contribution in [1.29, 1.82) is 5.26 Å². The number of sulfone groups is 1. The van der Waals surface area contributed by atoms with Gasteiger partial charge in [0.25, 0.3) is 0 Å². The SMILES string of the molecule is CC(C)(C)OC(=O)Nc1ccc(-c2c(C#N)c3ccc(OCS(C)(=O)=O)cc3n2C2CCC2)cc1. The molecule has 1 amide bonds. The lowest BCUT2D eigenvalue weighted by molar-refractivity contribution is 0.0636. The summed E-state index contributed by atoms with van der Waals surface area (Å²) in [6.45, 7) is 5.40. The number of nitrogens with one attached hydrogen (secondary N) is 1. The van der Waals surface area contributed by atoms with Crippen LogP contribution in [-0.2, 0) is 14.6 Å². The molecule has 0 aliphatic heterocycles. The normalized spacial score (nSPS) is 14.3. The van der Waals surface area contributed by atoms with Crippen molar-refractivity contribution in [3.05, 3.63) is 48.0 Å². The molecule has 9 heteroatoms. The molecule has 35 heavy (non-hydrogen) atoms. The molecule has 1 aliphatic carbocycles. The van der Waals surface area contributed by atoms with Gasteiger partial charge < -0.3 is 14.0 Å². The fourth-order valence-electron chi connectivity index (χ4n) is 4.11. The summed E-state index contributed by atoms with van der Waals surface area (Å²) in [7, 11) is -3.29. The number of nitriles is 1. The van der Waals surface area contributed by atoms with Gasteiger partial charge in [0.2, 0.25) is 0 Å². The molecule has 3 aromatic rings. The Hall–Kier alpha value is -3.51. The third kappa shape index (κ3) is 5.60. The molecule has 1 aromatic heterocycles. The van der Waals surface area contributed by atoms with Gasteiger partial charge >= 0.3 is 6.09 Å². The highest BCUT2D eigenvalue weighted by molar-refractivity contribution is 7.90. The van der Waals surface area contributed by atoms with Gasteiger partial charge in [-0.2, -0.15) is 5.26 Å². The minimum absolute atomic E-state index is 0.235. The highest BCUT2D eigenvalue weighted by atomic mass is 32.2. The Morgan fingerprint density at radius 3 is 2.40 bits per heavy atom. The summed E-state index contributed by atoms with van der Waals surface area (Å²) in [6.07, 6.45) is 3.68. The molecular formula is C26H29N3O5S. The summed E-state index contributed by atoms with van der Waals surface area (Å²) in [5, 5.41) is 13.6. The second kappa shape index (κ2) is 9.27. The van der Waals surface area contributed by atoms with Gasteiger partial charge in [-0.05, 0) is 69.9 Å². The number of nitrogens with zero attached hydrogens (tertiary/aromatic N) is 2. The fourth-order valence-corrected chi connectivity index (χ4v) is 4.46. The van der Waals surface area contributed by atoms with E-state index in [1.807, 2.05) is 24.3 Å². The number of carbonyl (C=O) groups excluding carboxylic acids is 1. The lowest BCUT2D eigenvalue weighted by Crippen LogP contribution is -2.27. The number of ether oxygens (including phenoxy) is 2. The molecule has 184 valence electrons. The first-order chi connectivity index (χ1) is 16.4. The lowest BCUT2D eigenvalue weighted by Gasteiger charge is -2.30. The summed E-state index contributed by atoms with van der Waals surface area (Å²) in [5.41, 5.74) is 3.02. The highest BCUT2D eigenvalue weighted by Gasteiger charge is 2.28. The molecule has 8 nitrogen and oxygen atoms in total. The number of amides is 1. The van der Waals surface area contributed by atoms with Crippen LogP contribution in [0.2, 0.25) is 0 Å². The monoisotopic (exact) mass is 495 g/mol. The van der Waals surface area contributed by atoms with Crippen molar-refractivity contribution in [3.63, 3.8) is 0 Å². The van der Waals surface area contributed by atoms with Crippen molar-refractivity contribution in [1.82, 2.24) is 4.57 Å². The number of aromatic nitrogens is 1. The summed E-state index contributed by atoms with van der Waals surface area (Å²) < 4.78 is 36.1. The minimum Gasteiger partial charge on any atom is -0.478 e. The first-order valence-corrected chi connectivity index (χ1v) is 13.5. The van der Waals surface area contributed by atoms with Gasteiger partial charge in [-0.3, -0.25) is 5.32 Å². The number of carbonyl (C=O) groups is 1. The molecule has 4 rings (SSSR count). The fraction of sp³-hybridized carbons (Fsp3) is 0.385. The average molecular weight is 496 g/mol. The smallest absolute Gasteiger partial charge is 0.412 e. The predicted molar refractivity (Wildman–Crippen MR) is 135 cm³/mol. The molecule has 1 N–H and O–H groups in total. The van der Waals surface area contributed by atoms with E-state index in [9.17, 15) is 18.5 Å². The van der Waals surface area contributed by atoms with Crippen molar-refractivity contribution >= 4 is 32.5 Å². The van der Waals surface area contributed by atoms with Crippen molar-refractivity contribution in [3.8, 4) is 23.1 Å². The summed E-state index contributed by atoms with van der Waals surface area (Å²) in [4.78, 5) is 12.1. The molecule has 2 aromatic carbocycles. The Bertz CT molecular complexity index is 1410. The first kappa shape index (κ1) is 24.6. The van der Waals surface area contributed by atoms with Crippen LogP contribution in [0.4, 0.5) is 10.5 Å². The Morgan fingerprint density at radius 2 is 1.86 bits per heavy atom. The van der Waals surface area contributed by atoms with Crippen LogP contribution in [0.3, 0.4) is 0 Å². The van der Waals surface area contributed by atoms with Gasteiger partial charge in [0.1, 0.15) is 17.4 Å². The van der Waals surface area contributed by atoms with Crippen molar-refractivity contribution < 1.29 is 22.7 Å². The van der Waals surface area contributed by atoms with Gasteiger partial charge in [0.05, 0.1) is 16.8 Å². The number of hydrogen-bond acceptors (Lipinski definition) is 6. The molecule has 1 fully saturated rings. The zero-order chi connectivity index (χ0) is 25.4. The van der Waals surface area contributed by atoms with E-state index in [-0.39, 0.29) is 6.04 Å². The lowest BCUT2D eigenvalue weighted by atomic mass is 9.92. The van der Waals surface area contributed by atoms with Gasteiger partial charge in [-0.1, -0.05) is 12.1 Å². The first-order valence-electron chi connectivity index (χ1n) is 11.4. The Labute approximate surface area is 205 Å². The third-order valence-electron chi connectivity index (χ3n) is 5.77. The number of rotatable bonds is 6. The molecule has 1 saturated carbocycles. The van der Waals surface area contributed by atoms with E-state index in [1.165, 1.54) is 0 Å². The standard InChI is InChI=1S/C26H29N3O5S/c1-26(2,3)34-25(30)28-18-10-8-17(9-11-18)24-22(15-27)21-13-12-20(33-16-35(4,31)32)14-23(21)29(24)19-6-5-7-19/h8-14,19H,5-7,16H2,1-4H3,(H,28,30). The topological polar surface area (TPSA) is 110 Å². The van der Waals surface area contributed by atoms with E-state index in [0.717, 1.165) is 47.7 Å². The van der Waals surface area contributed by atoms with Crippen LogP contribution in [-0.4, -0.2) is 36.9 Å². The zero-order valence-electron chi connectivity index (χ0n) is 20.3. The van der Waals surface area contributed by atoms with E-state index >= 15 is 0 Å². The van der Waals surface area contributed by atoms with E-state index < -0.39 is 27.5 Å². The maximum absolute atomic E-state index is 12.1. The van der Waals surface area contributed by atoms with Gasteiger partial charge in [-0.15, -0.1) is 0 Å². The summed E-state index contributed by atoms with van der Waals surface area (Å²) >= 11 is 0.